The highest BCUT2D eigenvalue weighted by molar-refractivity contribution is 7.90. The molecule has 0 aliphatic rings. The number of para-hydroxylation sites is 1. The maximum atomic E-state index is 14.1. The molecule has 1 N–H and O–H groups in total. The number of benzene rings is 2. The molecule has 0 aliphatic heterocycles. The van der Waals surface area contributed by atoms with Gasteiger partial charge in [0.05, 0.1) is 12.2 Å². The number of rotatable bonds is 9. The van der Waals surface area contributed by atoms with Crippen molar-refractivity contribution < 1.29 is 22.3 Å². The molecule has 0 aliphatic carbocycles. The van der Waals surface area contributed by atoms with E-state index in [1.54, 1.807) is 24.3 Å². The van der Waals surface area contributed by atoms with Crippen LogP contribution in [0.1, 0.15) is 0 Å². The Morgan fingerprint density at radius 3 is 2.39 bits per heavy atom. The van der Waals surface area contributed by atoms with Crippen LogP contribution >= 0.6 is 11.6 Å². The summed E-state index contributed by atoms with van der Waals surface area (Å²) in [5.74, 6) is -0.748. The predicted octanol–water partition coefficient (Wildman–Crippen LogP) is 2.29. The second-order valence-electron chi connectivity index (χ2n) is 5.90. The van der Waals surface area contributed by atoms with Crippen LogP contribution in [0.15, 0.2) is 48.5 Å². The lowest BCUT2D eigenvalue weighted by atomic mass is 10.3. The molecule has 1 amide bonds. The van der Waals surface area contributed by atoms with Crippen LogP contribution in [0.4, 0.5) is 10.1 Å². The molecule has 2 aromatic rings. The molecular weight excluding hydrogens is 409 g/mol. The fraction of sp³-hybridized carbons (Fsp3) is 0.278. The summed E-state index contributed by atoms with van der Waals surface area (Å²) in [4.78, 5) is 12.2. The van der Waals surface area contributed by atoms with Crippen LogP contribution in [-0.4, -0.2) is 52.4 Å². The van der Waals surface area contributed by atoms with E-state index in [-0.39, 0.29) is 18.8 Å². The monoisotopic (exact) mass is 429 g/mol. The van der Waals surface area contributed by atoms with E-state index in [0.717, 1.165) is 14.7 Å². The largest absolute Gasteiger partial charge is 0.492 e. The Balaban J connectivity index is 1.98. The molecule has 0 radical (unpaired) electrons. The maximum Gasteiger partial charge on any atom is 0.304 e. The summed E-state index contributed by atoms with van der Waals surface area (Å²) in [6, 6.07) is 12.1. The highest BCUT2D eigenvalue weighted by Crippen LogP contribution is 2.22. The standard InChI is InChI=1S/C18H21ClFN3O4S/c1-22(2)28(25,26)23(17-6-4-3-5-16(17)20)13-18(24)21-11-12-27-15-9-7-14(19)8-10-15/h3-10H,11-13H2,1-2H3,(H,21,24). The van der Waals surface area contributed by atoms with Gasteiger partial charge in [0.15, 0.2) is 0 Å². The first kappa shape index (κ1) is 21.9. The van der Waals surface area contributed by atoms with Gasteiger partial charge in [0.2, 0.25) is 5.91 Å². The number of anilines is 1. The zero-order valence-electron chi connectivity index (χ0n) is 15.4. The third kappa shape index (κ3) is 5.82. The summed E-state index contributed by atoms with van der Waals surface area (Å²) >= 11 is 5.79. The highest BCUT2D eigenvalue weighted by atomic mass is 35.5. The van der Waals surface area contributed by atoms with Crippen LogP contribution in [0.25, 0.3) is 0 Å². The molecule has 0 spiro atoms. The quantitative estimate of drug-likeness (QED) is 0.620. The van der Waals surface area contributed by atoms with Crippen molar-refractivity contribution in [2.24, 2.45) is 0 Å². The van der Waals surface area contributed by atoms with Gasteiger partial charge < -0.3 is 10.1 Å². The van der Waals surface area contributed by atoms with E-state index >= 15 is 0 Å². The SMILES string of the molecule is CN(C)S(=O)(=O)N(CC(=O)NCCOc1ccc(Cl)cc1)c1ccccc1F. The predicted molar refractivity (Wildman–Crippen MR) is 106 cm³/mol. The van der Waals surface area contributed by atoms with Crippen molar-refractivity contribution >= 4 is 33.4 Å². The molecule has 0 unspecified atom stereocenters. The number of amides is 1. The second-order valence-corrected chi connectivity index (χ2v) is 8.40. The first-order valence-corrected chi connectivity index (χ1v) is 10.1. The number of hydrogen-bond donors (Lipinski definition) is 1. The van der Waals surface area contributed by atoms with Crippen molar-refractivity contribution in [1.82, 2.24) is 9.62 Å². The summed E-state index contributed by atoms with van der Waals surface area (Å²) in [6.45, 7) is -0.246. The van der Waals surface area contributed by atoms with E-state index in [2.05, 4.69) is 5.32 Å². The molecule has 0 bridgehead atoms. The number of nitrogens with zero attached hydrogens (tertiary/aromatic N) is 2. The van der Waals surface area contributed by atoms with Gasteiger partial charge in [-0.15, -0.1) is 0 Å². The molecule has 2 aromatic carbocycles. The minimum Gasteiger partial charge on any atom is -0.492 e. The lowest BCUT2D eigenvalue weighted by molar-refractivity contribution is -0.119. The molecule has 0 fully saturated rings. The average molecular weight is 430 g/mol. The molecule has 152 valence electrons. The van der Waals surface area contributed by atoms with Crippen molar-refractivity contribution in [3.05, 3.63) is 59.4 Å². The van der Waals surface area contributed by atoms with E-state index < -0.39 is 28.5 Å². The highest BCUT2D eigenvalue weighted by Gasteiger charge is 2.29. The van der Waals surface area contributed by atoms with E-state index in [4.69, 9.17) is 16.3 Å². The Labute approximate surface area is 168 Å². The Hall–Kier alpha value is -2.36. The van der Waals surface area contributed by atoms with E-state index in [9.17, 15) is 17.6 Å². The lowest BCUT2D eigenvalue weighted by Gasteiger charge is -2.27. The van der Waals surface area contributed by atoms with E-state index in [1.807, 2.05) is 0 Å². The van der Waals surface area contributed by atoms with Crippen molar-refractivity contribution in [3.8, 4) is 5.75 Å². The molecular formula is C18H21ClFN3O4S. The zero-order valence-corrected chi connectivity index (χ0v) is 17.0. The van der Waals surface area contributed by atoms with Crippen LogP contribution in [-0.2, 0) is 15.0 Å². The molecule has 0 heterocycles. The summed E-state index contributed by atoms with van der Waals surface area (Å²) in [6.07, 6.45) is 0. The van der Waals surface area contributed by atoms with Crippen LogP contribution in [0.5, 0.6) is 5.75 Å². The van der Waals surface area contributed by atoms with Crippen molar-refractivity contribution in [2.45, 2.75) is 0 Å². The van der Waals surface area contributed by atoms with Gasteiger partial charge in [-0.05, 0) is 36.4 Å². The Bertz CT molecular complexity index is 907. The van der Waals surface area contributed by atoms with Crippen molar-refractivity contribution in [1.29, 1.82) is 0 Å². The second kappa shape index (κ2) is 9.72. The van der Waals surface area contributed by atoms with Gasteiger partial charge in [-0.2, -0.15) is 12.7 Å². The zero-order chi connectivity index (χ0) is 20.7. The number of carbonyl (C=O) groups is 1. The molecule has 28 heavy (non-hydrogen) atoms. The van der Waals surface area contributed by atoms with E-state index in [0.29, 0.717) is 10.8 Å². The third-order valence-corrected chi connectivity index (χ3v) is 5.71. The first-order valence-electron chi connectivity index (χ1n) is 8.31. The van der Waals surface area contributed by atoms with Gasteiger partial charge in [0.1, 0.15) is 24.7 Å². The summed E-state index contributed by atoms with van der Waals surface area (Å²) in [5.41, 5.74) is -0.205. The number of nitrogens with one attached hydrogen (secondary N) is 1. The van der Waals surface area contributed by atoms with Crippen LogP contribution in [0, 0.1) is 5.82 Å². The van der Waals surface area contributed by atoms with E-state index in [1.165, 1.54) is 32.3 Å². The maximum absolute atomic E-state index is 14.1. The van der Waals surface area contributed by atoms with Crippen molar-refractivity contribution in [2.75, 3.05) is 38.1 Å². The molecule has 2 rings (SSSR count). The Morgan fingerprint density at radius 1 is 1.14 bits per heavy atom. The van der Waals surface area contributed by atoms with Crippen LogP contribution < -0.4 is 14.4 Å². The molecule has 0 aromatic heterocycles. The normalized spacial score (nSPS) is 11.3. The number of halogens is 2. The Morgan fingerprint density at radius 2 is 1.79 bits per heavy atom. The average Bonchev–Trinajstić information content (AvgIpc) is 2.65. The van der Waals surface area contributed by atoms with Gasteiger partial charge in [-0.1, -0.05) is 23.7 Å². The minimum absolute atomic E-state index is 0.147. The molecule has 0 atom stereocenters. The smallest absolute Gasteiger partial charge is 0.304 e. The summed E-state index contributed by atoms with van der Waals surface area (Å²) < 4.78 is 46.3. The molecule has 0 saturated carbocycles. The van der Waals surface area contributed by atoms with Gasteiger partial charge in [0, 0.05) is 19.1 Å². The third-order valence-electron chi connectivity index (χ3n) is 3.65. The minimum atomic E-state index is -4.07. The molecule has 7 nitrogen and oxygen atoms in total. The number of carbonyl (C=O) groups excluding carboxylic acids is 1. The number of ether oxygens (including phenoxy) is 1. The van der Waals surface area contributed by atoms with Gasteiger partial charge in [-0.3, -0.25) is 4.79 Å². The summed E-state index contributed by atoms with van der Waals surface area (Å²) in [7, 11) is -1.45. The lowest BCUT2D eigenvalue weighted by Crippen LogP contribution is -2.46. The van der Waals surface area contributed by atoms with Gasteiger partial charge in [-0.25, -0.2) is 8.70 Å². The van der Waals surface area contributed by atoms with Gasteiger partial charge >= 0.3 is 10.2 Å². The topological polar surface area (TPSA) is 79.0 Å². The van der Waals surface area contributed by atoms with Crippen molar-refractivity contribution in [3.63, 3.8) is 0 Å². The number of hydrogen-bond acceptors (Lipinski definition) is 4. The fourth-order valence-corrected chi connectivity index (χ4v) is 3.42. The fourth-order valence-electron chi connectivity index (χ4n) is 2.22. The Kier molecular flexibility index (Phi) is 7.61. The summed E-state index contributed by atoms with van der Waals surface area (Å²) in [5, 5.41) is 3.14. The molecule has 0 saturated heterocycles. The van der Waals surface area contributed by atoms with Crippen LogP contribution in [0.3, 0.4) is 0 Å². The van der Waals surface area contributed by atoms with Crippen LogP contribution in [0.2, 0.25) is 5.02 Å². The first-order chi connectivity index (χ1) is 13.2. The van der Waals surface area contributed by atoms with Gasteiger partial charge in [0.25, 0.3) is 0 Å². The molecule has 10 heteroatoms.